The molecule has 0 unspecified atom stereocenters. The lowest BCUT2D eigenvalue weighted by Crippen LogP contribution is -2.17. The van der Waals surface area contributed by atoms with Crippen LogP contribution >= 0.6 is 15.9 Å². The van der Waals surface area contributed by atoms with Gasteiger partial charge in [0.05, 0.1) is 5.56 Å². The van der Waals surface area contributed by atoms with Gasteiger partial charge in [-0.2, -0.15) is 0 Å². The van der Waals surface area contributed by atoms with Gasteiger partial charge in [0, 0.05) is 4.47 Å². The van der Waals surface area contributed by atoms with Gasteiger partial charge < -0.3 is 5.11 Å². The predicted octanol–water partition coefficient (Wildman–Crippen LogP) is 4.60. The van der Waals surface area contributed by atoms with Gasteiger partial charge in [0.15, 0.2) is 0 Å². The number of halogens is 1. The highest BCUT2D eigenvalue weighted by molar-refractivity contribution is 9.10. The Hall–Kier alpha value is -1.35. The fourth-order valence-electron chi connectivity index (χ4n) is 2.29. The van der Waals surface area contributed by atoms with E-state index in [0.29, 0.717) is 5.56 Å². The Bertz CT molecular complexity index is 624. The molecule has 94 valence electrons. The Balaban J connectivity index is 2.90. The lowest BCUT2D eigenvalue weighted by Gasteiger charge is -2.23. The minimum Gasteiger partial charge on any atom is -0.478 e. The molecule has 0 aromatic heterocycles. The van der Waals surface area contributed by atoms with Crippen molar-refractivity contribution in [2.75, 3.05) is 0 Å². The van der Waals surface area contributed by atoms with E-state index in [1.165, 1.54) is 0 Å². The van der Waals surface area contributed by atoms with Crippen LogP contribution in [0.5, 0.6) is 0 Å². The van der Waals surface area contributed by atoms with Crippen molar-refractivity contribution in [2.24, 2.45) is 0 Å². The minimum atomic E-state index is -0.871. The van der Waals surface area contributed by atoms with Crippen LogP contribution in [0.4, 0.5) is 0 Å². The summed E-state index contributed by atoms with van der Waals surface area (Å²) >= 11 is 3.44. The normalized spacial score (nSPS) is 11.8. The average molecular weight is 307 g/mol. The SMILES string of the molecule is CC(C)(C)c1c(C(=O)O)ccc2cc(Br)ccc12. The maximum absolute atomic E-state index is 11.4. The van der Waals surface area contributed by atoms with Gasteiger partial charge >= 0.3 is 5.97 Å². The second kappa shape index (κ2) is 4.39. The third-order valence-electron chi connectivity index (χ3n) is 2.96. The van der Waals surface area contributed by atoms with Crippen LogP contribution in [0.3, 0.4) is 0 Å². The van der Waals surface area contributed by atoms with Crippen molar-refractivity contribution in [3.8, 4) is 0 Å². The van der Waals surface area contributed by atoms with Crippen LogP contribution in [0.2, 0.25) is 0 Å². The molecule has 0 fully saturated rings. The monoisotopic (exact) mass is 306 g/mol. The standard InChI is InChI=1S/C15H15BrO2/c1-15(2,3)13-11-7-5-10(16)8-9(11)4-6-12(13)14(17)18/h4-8H,1-3H3,(H,17,18). The molecule has 18 heavy (non-hydrogen) atoms. The van der Waals surface area contributed by atoms with E-state index in [1.807, 2.05) is 45.0 Å². The van der Waals surface area contributed by atoms with Gasteiger partial charge in [0.2, 0.25) is 0 Å². The third-order valence-corrected chi connectivity index (χ3v) is 3.46. The molecule has 2 aromatic rings. The van der Waals surface area contributed by atoms with Crippen LogP contribution in [-0.4, -0.2) is 11.1 Å². The van der Waals surface area contributed by atoms with Gasteiger partial charge in [-0.25, -0.2) is 4.79 Å². The van der Waals surface area contributed by atoms with E-state index in [4.69, 9.17) is 0 Å². The largest absolute Gasteiger partial charge is 0.478 e. The summed E-state index contributed by atoms with van der Waals surface area (Å²) < 4.78 is 0.998. The number of rotatable bonds is 1. The van der Waals surface area contributed by atoms with E-state index >= 15 is 0 Å². The summed E-state index contributed by atoms with van der Waals surface area (Å²) in [5.41, 5.74) is 1.07. The fourth-order valence-corrected chi connectivity index (χ4v) is 2.67. The van der Waals surface area contributed by atoms with Crippen molar-refractivity contribution in [1.82, 2.24) is 0 Å². The van der Waals surface area contributed by atoms with Crippen molar-refractivity contribution in [3.05, 3.63) is 45.9 Å². The van der Waals surface area contributed by atoms with Gasteiger partial charge in [-0.15, -0.1) is 0 Å². The summed E-state index contributed by atoms with van der Waals surface area (Å²) in [5.74, 6) is -0.871. The first-order chi connectivity index (χ1) is 8.30. The molecule has 0 saturated carbocycles. The van der Waals surface area contributed by atoms with Gasteiger partial charge in [-0.1, -0.05) is 48.8 Å². The smallest absolute Gasteiger partial charge is 0.336 e. The minimum absolute atomic E-state index is 0.207. The molecule has 0 saturated heterocycles. The maximum atomic E-state index is 11.4. The second-order valence-electron chi connectivity index (χ2n) is 5.41. The fraction of sp³-hybridized carbons (Fsp3) is 0.267. The summed E-state index contributed by atoms with van der Waals surface area (Å²) in [5, 5.41) is 11.4. The molecule has 0 amide bonds. The number of carboxylic acids is 1. The predicted molar refractivity (Wildman–Crippen MR) is 77.3 cm³/mol. The van der Waals surface area contributed by atoms with Crippen LogP contribution in [0, 0.1) is 0 Å². The highest BCUT2D eigenvalue weighted by Crippen LogP contribution is 2.34. The van der Waals surface area contributed by atoms with Crippen LogP contribution in [-0.2, 0) is 5.41 Å². The summed E-state index contributed by atoms with van der Waals surface area (Å²) in [6, 6.07) is 9.49. The summed E-state index contributed by atoms with van der Waals surface area (Å²) in [7, 11) is 0. The quantitative estimate of drug-likeness (QED) is 0.836. The highest BCUT2D eigenvalue weighted by Gasteiger charge is 2.23. The Kier molecular flexibility index (Phi) is 3.20. The van der Waals surface area contributed by atoms with Crippen molar-refractivity contribution < 1.29 is 9.90 Å². The number of fused-ring (bicyclic) bond motifs is 1. The average Bonchev–Trinajstić information content (AvgIpc) is 2.25. The molecule has 0 spiro atoms. The van der Waals surface area contributed by atoms with Crippen LogP contribution in [0.25, 0.3) is 10.8 Å². The van der Waals surface area contributed by atoms with Gasteiger partial charge in [-0.05, 0) is 39.9 Å². The molecule has 2 nitrogen and oxygen atoms in total. The number of carbonyl (C=O) groups is 1. The van der Waals surface area contributed by atoms with Crippen molar-refractivity contribution in [3.63, 3.8) is 0 Å². The molecule has 0 aliphatic rings. The number of hydrogen-bond acceptors (Lipinski definition) is 1. The van der Waals surface area contributed by atoms with E-state index in [-0.39, 0.29) is 5.41 Å². The van der Waals surface area contributed by atoms with Gasteiger partial charge in [0.1, 0.15) is 0 Å². The number of carboxylic acid groups (broad SMARTS) is 1. The molecule has 0 atom stereocenters. The molecule has 2 rings (SSSR count). The van der Waals surface area contributed by atoms with Crippen LogP contribution < -0.4 is 0 Å². The second-order valence-corrected chi connectivity index (χ2v) is 6.32. The first-order valence-electron chi connectivity index (χ1n) is 5.77. The van der Waals surface area contributed by atoms with E-state index in [9.17, 15) is 9.90 Å². The van der Waals surface area contributed by atoms with Gasteiger partial charge in [-0.3, -0.25) is 0 Å². The molecule has 0 radical (unpaired) electrons. The Morgan fingerprint density at radius 1 is 1.17 bits per heavy atom. The van der Waals surface area contributed by atoms with Crippen molar-refractivity contribution in [2.45, 2.75) is 26.2 Å². The van der Waals surface area contributed by atoms with E-state index in [1.54, 1.807) is 6.07 Å². The molecule has 3 heteroatoms. The molecule has 2 aromatic carbocycles. The molecule has 1 N–H and O–H groups in total. The Morgan fingerprint density at radius 3 is 2.39 bits per heavy atom. The number of hydrogen-bond donors (Lipinski definition) is 1. The zero-order valence-electron chi connectivity index (χ0n) is 10.6. The number of aromatic carboxylic acids is 1. The lowest BCUT2D eigenvalue weighted by atomic mass is 9.80. The summed E-state index contributed by atoms with van der Waals surface area (Å²) in [6.45, 7) is 6.11. The van der Waals surface area contributed by atoms with E-state index in [2.05, 4.69) is 15.9 Å². The maximum Gasteiger partial charge on any atom is 0.336 e. The van der Waals surface area contributed by atoms with E-state index < -0.39 is 5.97 Å². The number of benzene rings is 2. The van der Waals surface area contributed by atoms with E-state index in [0.717, 1.165) is 20.8 Å². The van der Waals surface area contributed by atoms with Crippen LogP contribution in [0.1, 0.15) is 36.7 Å². The summed E-state index contributed by atoms with van der Waals surface area (Å²) in [6.07, 6.45) is 0. The zero-order chi connectivity index (χ0) is 13.5. The third kappa shape index (κ3) is 2.27. The lowest BCUT2D eigenvalue weighted by molar-refractivity contribution is 0.0694. The van der Waals surface area contributed by atoms with Crippen molar-refractivity contribution in [1.29, 1.82) is 0 Å². The molecule has 0 aliphatic carbocycles. The first kappa shape index (κ1) is 13.1. The molecule has 0 bridgehead atoms. The molecule has 0 heterocycles. The summed E-state index contributed by atoms with van der Waals surface area (Å²) in [4.78, 5) is 11.4. The Labute approximate surface area is 115 Å². The molecular weight excluding hydrogens is 292 g/mol. The first-order valence-corrected chi connectivity index (χ1v) is 6.56. The molecular formula is C15H15BrO2. The van der Waals surface area contributed by atoms with Crippen molar-refractivity contribution >= 4 is 32.7 Å². The topological polar surface area (TPSA) is 37.3 Å². The van der Waals surface area contributed by atoms with Crippen LogP contribution in [0.15, 0.2) is 34.8 Å². The molecule has 0 aliphatic heterocycles. The Morgan fingerprint density at radius 2 is 1.83 bits per heavy atom. The van der Waals surface area contributed by atoms with Gasteiger partial charge in [0.25, 0.3) is 0 Å². The zero-order valence-corrected chi connectivity index (χ0v) is 12.2. The highest BCUT2D eigenvalue weighted by atomic mass is 79.9.